The number of anilines is 1. The van der Waals surface area contributed by atoms with Gasteiger partial charge in [0.15, 0.2) is 5.75 Å². The molecule has 1 N–H and O–H groups in total. The van der Waals surface area contributed by atoms with E-state index in [4.69, 9.17) is 49.0 Å². The molecule has 0 fully saturated rings. The molecular formula is C29H24Cl3N3O7. The highest BCUT2D eigenvalue weighted by Gasteiger charge is 2.64. The Bertz CT molecular complexity index is 1910. The van der Waals surface area contributed by atoms with Gasteiger partial charge in [0.1, 0.15) is 27.9 Å². The second kappa shape index (κ2) is 9.65. The number of aromatic nitrogens is 2. The topological polar surface area (TPSA) is 118 Å². The zero-order valence-electron chi connectivity index (χ0n) is 23.1. The number of halogens is 3. The van der Waals surface area contributed by atoms with Crippen LogP contribution in [0, 0.1) is 5.92 Å². The van der Waals surface area contributed by atoms with E-state index in [1.165, 1.54) is 45.0 Å². The van der Waals surface area contributed by atoms with Crippen LogP contribution in [0.25, 0.3) is 0 Å². The molecule has 0 radical (unpaired) electrons. The molecule has 3 aromatic rings. The number of carbonyl (C=O) groups excluding carboxylic acids is 2. The number of ether oxygens (including phenoxy) is 3. The molecule has 0 saturated carbocycles. The number of ketones is 2. The monoisotopic (exact) mass is 631 g/mol. The van der Waals surface area contributed by atoms with E-state index in [0.29, 0.717) is 16.3 Å². The van der Waals surface area contributed by atoms with Crippen molar-refractivity contribution in [1.82, 2.24) is 9.13 Å². The maximum Gasteiger partial charge on any atom is 0.332 e. The number of benzene rings is 2. The molecule has 1 spiro atoms. The van der Waals surface area contributed by atoms with E-state index in [2.05, 4.69) is 5.32 Å². The van der Waals surface area contributed by atoms with Crippen LogP contribution in [0.5, 0.6) is 17.2 Å². The van der Waals surface area contributed by atoms with E-state index in [1.807, 2.05) is 0 Å². The van der Waals surface area contributed by atoms with Gasteiger partial charge in [0.05, 0.1) is 19.8 Å². The number of carbonyl (C=O) groups is 2. The fraction of sp³-hybridized carbons (Fsp3) is 0.310. The Morgan fingerprint density at radius 1 is 0.976 bits per heavy atom. The Morgan fingerprint density at radius 3 is 2.31 bits per heavy atom. The van der Waals surface area contributed by atoms with Crippen molar-refractivity contribution in [2.45, 2.75) is 24.9 Å². The summed E-state index contributed by atoms with van der Waals surface area (Å²) < 4.78 is 19.4. The van der Waals surface area contributed by atoms with E-state index in [0.717, 1.165) is 4.57 Å². The van der Waals surface area contributed by atoms with Gasteiger partial charge < -0.3 is 19.5 Å². The summed E-state index contributed by atoms with van der Waals surface area (Å²) in [6, 6.07) is 6.17. The van der Waals surface area contributed by atoms with E-state index in [-0.39, 0.29) is 56.2 Å². The number of hydrogen-bond acceptors (Lipinski definition) is 8. The van der Waals surface area contributed by atoms with Crippen molar-refractivity contribution in [3.05, 3.63) is 88.1 Å². The van der Waals surface area contributed by atoms with Gasteiger partial charge in [0.2, 0.25) is 17.2 Å². The van der Waals surface area contributed by atoms with Crippen LogP contribution in [0.1, 0.15) is 40.7 Å². The van der Waals surface area contributed by atoms with Crippen LogP contribution < -0.4 is 30.8 Å². The van der Waals surface area contributed by atoms with Crippen molar-refractivity contribution >= 4 is 52.2 Å². The molecule has 10 nitrogen and oxygen atoms in total. The Kier molecular flexibility index (Phi) is 6.53. The first-order valence-corrected chi connectivity index (χ1v) is 14.0. The SMILES string of the molecule is COc1cc(OC)c2c(c1Cl)OC1(C(=O)C3=C(CC1C)Nc1c(c(=O)n(C)c(=O)n1C)C3c1ccc(Cl)cc1Cl)C2=O. The van der Waals surface area contributed by atoms with Crippen molar-refractivity contribution in [3.8, 4) is 17.2 Å². The van der Waals surface area contributed by atoms with Crippen molar-refractivity contribution in [3.63, 3.8) is 0 Å². The van der Waals surface area contributed by atoms with E-state index >= 15 is 0 Å². The van der Waals surface area contributed by atoms with Gasteiger partial charge in [-0.2, -0.15) is 0 Å². The lowest BCUT2D eigenvalue weighted by atomic mass is 9.66. The molecule has 13 heteroatoms. The second-order valence-corrected chi connectivity index (χ2v) is 11.7. The molecule has 218 valence electrons. The van der Waals surface area contributed by atoms with Gasteiger partial charge >= 0.3 is 5.69 Å². The van der Waals surface area contributed by atoms with Gasteiger partial charge in [-0.1, -0.05) is 47.8 Å². The highest BCUT2D eigenvalue weighted by atomic mass is 35.5. The molecule has 0 saturated heterocycles. The zero-order valence-corrected chi connectivity index (χ0v) is 25.3. The van der Waals surface area contributed by atoms with Gasteiger partial charge in [0.25, 0.3) is 5.56 Å². The summed E-state index contributed by atoms with van der Waals surface area (Å²) in [6.07, 6.45) is 0.155. The fourth-order valence-electron chi connectivity index (χ4n) is 6.24. The molecule has 3 atom stereocenters. The lowest BCUT2D eigenvalue weighted by Crippen LogP contribution is -2.58. The van der Waals surface area contributed by atoms with E-state index < -0.39 is 40.3 Å². The Labute approximate surface area is 254 Å². The van der Waals surface area contributed by atoms with Crippen molar-refractivity contribution in [2.24, 2.45) is 20.0 Å². The zero-order chi connectivity index (χ0) is 30.4. The van der Waals surface area contributed by atoms with Crippen LogP contribution in [0.4, 0.5) is 5.82 Å². The van der Waals surface area contributed by atoms with Crippen molar-refractivity contribution < 1.29 is 23.8 Å². The van der Waals surface area contributed by atoms with Crippen LogP contribution in [0.2, 0.25) is 15.1 Å². The largest absolute Gasteiger partial charge is 0.496 e. The Hall–Kier alpha value is -3.73. The van der Waals surface area contributed by atoms with Gasteiger partial charge in [-0.3, -0.25) is 23.5 Å². The predicted octanol–water partition coefficient (Wildman–Crippen LogP) is 4.50. The first-order chi connectivity index (χ1) is 19.9. The quantitative estimate of drug-likeness (QED) is 0.420. The van der Waals surface area contributed by atoms with Crippen molar-refractivity contribution in [2.75, 3.05) is 19.5 Å². The molecule has 42 heavy (non-hydrogen) atoms. The maximum atomic E-state index is 14.9. The minimum atomic E-state index is -2.02. The molecular weight excluding hydrogens is 609 g/mol. The molecule has 3 unspecified atom stereocenters. The standard InChI is InChI=1S/C29H24Cl3N3O7/c1-11-8-15-19(24(36)29(11)25(37)20-16(40-4)10-17(41-5)22(32)23(20)42-29)18(13-7-6-12(30)9-14(13)31)21-26(33-15)34(2)28(39)35(3)27(21)38/h6-7,9-11,18,33H,8H2,1-5H3. The average molecular weight is 633 g/mol. The average Bonchev–Trinajstić information content (AvgIpc) is 3.28. The van der Waals surface area contributed by atoms with Gasteiger partial charge in [0, 0.05) is 53.3 Å². The predicted molar refractivity (Wildman–Crippen MR) is 157 cm³/mol. The second-order valence-electron chi connectivity index (χ2n) is 10.5. The molecule has 3 aliphatic rings. The van der Waals surface area contributed by atoms with Crippen LogP contribution >= 0.6 is 34.8 Å². The van der Waals surface area contributed by atoms with Crippen LogP contribution in [0.15, 0.2) is 45.1 Å². The maximum absolute atomic E-state index is 14.9. The Balaban J connectivity index is 1.63. The molecule has 3 heterocycles. The molecule has 0 amide bonds. The van der Waals surface area contributed by atoms with Gasteiger partial charge in [-0.25, -0.2) is 4.79 Å². The van der Waals surface area contributed by atoms with Crippen LogP contribution in [-0.2, 0) is 18.9 Å². The third-order valence-corrected chi connectivity index (χ3v) is 9.27. The van der Waals surface area contributed by atoms with Gasteiger partial charge in [-0.05, 0) is 24.1 Å². The lowest BCUT2D eigenvalue weighted by molar-refractivity contribution is -0.130. The summed E-state index contributed by atoms with van der Waals surface area (Å²) in [7, 11) is 5.67. The number of Topliss-reactive ketones (excluding diaryl/α,β-unsaturated/α-hetero) is 2. The third kappa shape index (κ3) is 3.58. The van der Waals surface area contributed by atoms with Crippen LogP contribution in [-0.4, -0.2) is 40.5 Å². The molecule has 6 rings (SSSR count). The van der Waals surface area contributed by atoms with E-state index in [9.17, 15) is 19.2 Å². The smallest absolute Gasteiger partial charge is 0.332 e. The molecule has 1 aliphatic carbocycles. The highest BCUT2D eigenvalue weighted by Crippen LogP contribution is 2.56. The number of allylic oxidation sites excluding steroid dienone is 1. The van der Waals surface area contributed by atoms with Gasteiger partial charge in [-0.15, -0.1) is 0 Å². The lowest BCUT2D eigenvalue weighted by Gasteiger charge is -2.42. The molecule has 1 aromatic heterocycles. The summed E-state index contributed by atoms with van der Waals surface area (Å²) in [4.78, 5) is 55.7. The molecule has 0 bridgehead atoms. The van der Waals surface area contributed by atoms with Crippen LogP contribution in [0.3, 0.4) is 0 Å². The summed E-state index contributed by atoms with van der Waals surface area (Å²) in [5.74, 6) is -2.50. The number of nitrogens with one attached hydrogen (secondary N) is 1. The number of hydrogen-bond donors (Lipinski definition) is 1. The fourth-order valence-corrected chi connectivity index (χ4v) is 7.02. The summed E-state index contributed by atoms with van der Waals surface area (Å²) in [5, 5.41) is 3.73. The normalized spacial score (nSPS) is 22.4. The molecule has 2 aliphatic heterocycles. The molecule has 2 aromatic carbocycles. The highest BCUT2D eigenvalue weighted by molar-refractivity contribution is 6.37. The minimum absolute atomic E-state index is 0.0200. The summed E-state index contributed by atoms with van der Waals surface area (Å²) >= 11 is 19.5. The number of methoxy groups -OCH3 is 2. The van der Waals surface area contributed by atoms with E-state index in [1.54, 1.807) is 19.1 Å². The Morgan fingerprint density at radius 2 is 1.67 bits per heavy atom. The first kappa shape index (κ1) is 28.4. The minimum Gasteiger partial charge on any atom is -0.496 e. The summed E-state index contributed by atoms with van der Waals surface area (Å²) in [5.41, 5.74) is -2.12. The number of nitrogens with zero attached hydrogens (tertiary/aromatic N) is 2. The van der Waals surface area contributed by atoms with Crippen molar-refractivity contribution in [1.29, 1.82) is 0 Å². The number of fused-ring (bicyclic) bond motifs is 2. The third-order valence-electron chi connectivity index (χ3n) is 8.35. The first-order valence-electron chi connectivity index (χ1n) is 12.9. The number of rotatable bonds is 3. The summed E-state index contributed by atoms with van der Waals surface area (Å²) in [6.45, 7) is 1.72.